The van der Waals surface area contributed by atoms with E-state index in [-0.39, 0.29) is 0 Å². The second-order valence-electron chi connectivity index (χ2n) is 11.7. The van der Waals surface area contributed by atoms with Crippen molar-refractivity contribution >= 4 is 0 Å². The van der Waals surface area contributed by atoms with E-state index >= 15 is 0 Å². The maximum atomic E-state index is 4.31. The van der Waals surface area contributed by atoms with Crippen LogP contribution in [0.4, 0.5) is 0 Å². The third kappa shape index (κ3) is 8.12. The summed E-state index contributed by atoms with van der Waals surface area (Å²) in [5, 5.41) is 3.65. The quantitative estimate of drug-likeness (QED) is 0.270. The van der Waals surface area contributed by atoms with Crippen LogP contribution in [0.15, 0.2) is 12.3 Å². The highest BCUT2D eigenvalue weighted by Crippen LogP contribution is 2.46. The fourth-order valence-electron chi connectivity index (χ4n) is 7.56. The minimum atomic E-state index is 0.931. The van der Waals surface area contributed by atoms with Crippen LogP contribution in [0, 0.1) is 47.3 Å². The highest BCUT2D eigenvalue weighted by atomic mass is 14.9. The van der Waals surface area contributed by atoms with Gasteiger partial charge in [-0.1, -0.05) is 86.6 Å². The zero-order valence-electron chi connectivity index (χ0n) is 22.2. The molecule has 2 fully saturated rings. The lowest BCUT2D eigenvalue weighted by atomic mass is 9.67. The van der Waals surface area contributed by atoms with Crippen LogP contribution in [0.25, 0.3) is 0 Å². The van der Waals surface area contributed by atoms with E-state index in [9.17, 15) is 0 Å². The van der Waals surface area contributed by atoms with Crippen molar-refractivity contribution in [1.82, 2.24) is 5.32 Å². The lowest BCUT2D eigenvalue weighted by Crippen LogP contribution is -2.29. The molecule has 0 radical (unpaired) electrons. The van der Waals surface area contributed by atoms with Crippen LogP contribution in [0.1, 0.15) is 125 Å². The van der Waals surface area contributed by atoms with Gasteiger partial charge in [0.1, 0.15) is 0 Å². The molecule has 31 heavy (non-hydrogen) atoms. The average molecular weight is 432 g/mol. The maximum absolute atomic E-state index is 4.31. The van der Waals surface area contributed by atoms with Gasteiger partial charge < -0.3 is 5.32 Å². The number of rotatable bonds is 14. The normalized spacial score (nSPS) is 35.9. The summed E-state index contributed by atoms with van der Waals surface area (Å²) in [6.45, 7) is 20.1. The van der Waals surface area contributed by atoms with Gasteiger partial charge in [0, 0.05) is 12.2 Å². The molecule has 1 heteroatoms. The zero-order chi connectivity index (χ0) is 22.8. The first-order chi connectivity index (χ1) is 14.9. The van der Waals surface area contributed by atoms with Crippen molar-refractivity contribution < 1.29 is 0 Å². The van der Waals surface area contributed by atoms with E-state index in [4.69, 9.17) is 0 Å². The first-order valence-corrected chi connectivity index (χ1v) is 14.3. The molecule has 8 atom stereocenters. The predicted octanol–water partition coefficient (Wildman–Crippen LogP) is 9.24. The van der Waals surface area contributed by atoms with E-state index in [1.54, 1.807) is 0 Å². The van der Waals surface area contributed by atoms with Crippen molar-refractivity contribution in [2.45, 2.75) is 125 Å². The summed E-state index contributed by atoms with van der Waals surface area (Å²) in [5.41, 5.74) is 1.28. The summed E-state index contributed by atoms with van der Waals surface area (Å²) in [4.78, 5) is 0. The van der Waals surface area contributed by atoms with Gasteiger partial charge in [0.05, 0.1) is 0 Å². The van der Waals surface area contributed by atoms with Gasteiger partial charge >= 0.3 is 0 Å². The van der Waals surface area contributed by atoms with Crippen LogP contribution in [0.2, 0.25) is 0 Å². The molecular weight excluding hydrogens is 374 g/mol. The molecule has 1 N–H and O–H groups in total. The Morgan fingerprint density at radius 1 is 0.742 bits per heavy atom. The lowest BCUT2D eigenvalue weighted by molar-refractivity contribution is 0.119. The number of hydrogen-bond acceptors (Lipinski definition) is 1. The Labute approximate surface area is 196 Å². The molecule has 2 aliphatic carbocycles. The van der Waals surface area contributed by atoms with Gasteiger partial charge in [-0.15, -0.1) is 0 Å². The van der Waals surface area contributed by atoms with Gasteiger partial charge in [-0.2, -0.15) is 0 Å². The molecule has 0 aromatic heterocycles. The molecule has 0 aromatic rings. The first kappa shape index (κ1) is 26.8. The topological polar surface area (TPSA) is 12.0 Å². The Balaban J connectivity index is 1.52. The van der Waals surface area contributed by atoms with Crippen molar-refractivity contribution in [3.8, 4) is 0 Å². The van der Waals surface area contributed by atoms with Crippen LogP contribution in [-0.2, 0) is 0 Å². The van der Waals surface area contributed by atoms with Crippen LogP contribution < -0.4 is 5.32 Å². The van der Waals surface area contributed by atoms with E-state index in [1.807, 2.05) is 0 Å². The SMILES string of the molecule is C=C(CCCCCC1CC(C)C(C)C(CC)C1)NCCCC1C(C)CC(CC)C1CC. The van der Waals surface area contributed by atoms with E-state index in [2.05, 4.69) is 53.4 Å². The van der Waals surface area contributed by atoms with Gasteiger partial charge in [-0.3, -0.25) is 0 Å². The highest BCUT2D eigenvalue weighted by Gasteiger charge is 2.38. The van der Waals surface area contributed by atoms with Crippen LogP contribution in [0.3, 0.4) is 0 Å². The van der Waals surface area contributed by atoms with Crippen molar-refractivity contribution in [3.05, 3.63) is 12.3 Å². The van der Waals surface area contributed by atoms with Gasteiger partial charge in [0.2, 0.25) is 0 Å². The molecule has 2 rings (SSSR count). The number of allylic oxidation sites excluding steroid dienone is 1. The molecule has 1 nitrogen and oxygen atoms in total. The number of unbranched alkanes of at least 4 members (excludes halogenated alkanes) is 2. The molecule has 0 aromatic carbocycles. The summed E-state index contributed by atoms with van der Waals surface area (Å²) in [6, 6.07) is 0. The highest BCUT2D eigenvalue weighted by molar-refractivity contribution is 4.92. The van der Waals surface area contributed by atoms with Crippen molar-refractivity contribution in [2.75, 3.05) is 6.54 Å². The predicted molar refractivity (Wildman–Crippen MR) is 139 cm³/mol. The Kier molecular flexibility index (Phi) is 12.1. The van der Waals surface area contributed by atoms with Crippen LogP contribution >= 0.6 is 0 Å². The molecule has 2 aliphatic rings. The molecule has 8 unspecified atom stereocenters. The molecule has 0 amide bonds. The van der Waals surface area contributed by atoms with Gasteiger partial charge in [0.25, 0.3) is 0 Å². The third-order valence-corrected chi connectivity index (χ3v) is 9.74. The van der Waals surface area contributed by atoms with E-state index in [0.29, 0.717) is 0 Å². The van der Waals surface area contributed by atoms with Crippen molar-refractivity contribution in [1.29, 1.82) is 0 Å². The van der Waals surface area contributed by atoms with E-state index in [0.717, 1.165) is 53.9 Å². The molecule has 0 bridgehead atoms. The Hall–Kier alpha value is -0.460. The molecule has 2 saturated carbocycles. The first-order valence-electron chi connectivity index (χ1n) is 14.3. The summed E-state index contributed by atoms with van der Waals surface area (Å²) >= 11 is 0. The van der Waals surface area contributed by atoms with Gasteiger partial charge in [-0.05, 0) is 92.3 Å². The molecule has 0 spiro atoms. The largest absolute Gasteiger partial charge is 0.389 e. The van der Waals surface area contributed by atoms with E-state index in [1.165, 1.54) is 89.2 Å². The van der Waals surface area contributed by atoms with Gasteiger partial charge in [-0.25, -0.2) is 0 Å². The molecule has 0 aliphatic heterocycles. The minimum Gasteiger partial charge on any atom is -0.389 e. The van der Waals surface area contributed by atoms with Crippen LogP contribution in [-0.4, -0.2) is 6.54 Å². The van der Waals surface area contributed by atoms with Gasteiger partial charge in [0.15, 0.2) is 0 Å². The standard InChI is InChI=1S/C30H57N/c1-8-27-21-26(19-22(4)25(27)7)16-13-11-12-15-24(6)31-18-14-17-30-23(5)20-28(9-2)29(30)10-3/h22-23,25-31H,6,8-21H2,1-5,7H3. The number of hydrogen-bond donors (Lipinski definition) is 1. The summed E-state index contributed by atoms with van der Waals surface area (Å²) in [7, 11) is 0. The maximum Gasteiger partial charge on any atom is 0.0143 e. The van der Waals surface area contributed by atoms with E-state index < -0.39 is 0 Å². The number of nitrogens with one attached hydrogen (secondary N) is 1. The Morgan fingerprint density at radius 2 is 1.48 bits per heavy atom. The van der Waals surface area contributed by atoms with Crippen molar-refractivity contribution in [2.24, 2.45) is 47.3 Å². The summed E-state index contributed by atoms with van der Waals surface area (Å²) < 4.78 is 0. The average Bonchev–Trinajstić information content (AvgIpc) is 3.07. The monoisotopic (exact) mass is 431 g/mol. The second-order valence-corrected chi connectivity index (χ2v) is 11.7. The Bertz CT molecular complexity index is 497. The molecule has 0 heterocycles. The fraction of sp³-hybridized carbons (Fsp3) is 0.933. The smallest absolute Gasteiger partial charge is 0.0143 e. The second kappa shape index (κ2) is 13.9. The minimum absolute atomic E-state index is 0.931. The zero-order valence-corrected chi connectivity index (χ0v) is 22.2. The Morgan fingerprint density at radius 3 is 2.16 bits per heavy atom. The molecule has 0 saturated heterocycles. The summed E-state index contributed by atoms with van der Waals surface area (Å²) in [6.07, 6.45) is 18.1. The lowest BCUT2D eigenvalue weighted by Gasteiger charge is -2.38. The summed E-state index contributed by atoms with van der Waals surface area (Å²) in [5.74, 6) is 7.70. The fourth-order valence-corrected chi connectivity index (χ4v) is 7.56. The van der Waals surface area contributed by atoms with Crippen molar-refractivity contribution in [3.63, 3.8) is 0 Å². The van der Waals surface area contributed by atoms with Crippen LogP contribution in [0.5, 0.6) is 0 Å². The molecular formula is C30H57N. The third-order valence-electron chi connectivity index (χ3n) is 9.74. The molecule has 182 valence electrons.